The van der Waals surface area contributed by atoms with Gasteiger partial charge in [0.25, 0.3) is 0 Å². The number of amides is 1. The quantitative estimate of drug-likeness (QED) is 0.654. The van der Waals surface area contributed by atoms with Crippen molar-refractivity contribution in [1.82, 2.24) is 14.8 Å². The Hall–Kier alpha value is -2.04. The largest absolute Gasteiger partial charge is 0.473 e. The van der Waals surface area contributed by atoms with Crippen molar-refractivity contribution < 1.29 is 24.6 Å². The summed E-state index contributed by atoms with van der Waals surface area (Å²) in [5, 5.41) is 18.4. The van der Waals surface area contributed by atoms with Crippen molar-refractivity contribution in [3.8, 4) is 0 Å². The molecule has 0 aromatic carbocycles. The number of aliphatic carboxylic acids is 2. The number of hydrogen-bond donors (Lipinski definition) is 3. The molecule has 1 saturated heterocycles. The van der Waals surface area contributed by atoms with E-state index in [-0.39, 0.29) is 11.9 Å². The zero-order valence-electron chi connectivity index (χ0n) is 13.9. The van der Waals surface area contributed by atoms with E-state index >= 15 is 0 Å². The lowest BCUT2D eigenvalue weighted by molar-refractivity contribution is -0.159. The summed E-state index contributed by atoms with van der Waals surface area (Å²) in [5.74, 6) is -3.61. The van der Waals surface area contributed by atoms with Gasteiger partial charge in [-0.1, -0.05) is 0 Å². The van der Waals surface area contributed by atoms with Crippen LogP contribution in [0.15, 0.2) is 6.20 Å². The molecule has 0 bridgehead atoms. The van der Waals surface area contributed by atoms with Crippen molar-refractivity contribution in [2.24, 2.45) is 0 Å². The Morgan fingerprint density at radius 1 is 1.21 bits per heavy atom. The number of likely N-dealkylation sites (N-methyl/N-ethyl adjacent to an activating group) is 1. The molecule has 2 rings (SSSR count). The molecule has 0 radical (unpaired) electrons. The number of thiazole rings is 1. The zero-order valence-corrected chi connectivity index (χ0v) is 14.7. The van der Waals surface area contributed by atoms with Crippen molar-refractivity contribution in [3.63, 3.8) is 0 Å². The Morgan fingerprint density at radius 3 is 2.17 bits per heavy atom. The monoisotopic (exact) mass is 358 g/mol. The Bertz CT molecular complexity index is 571. The molecule has 134 valence electrons. The first-order valence-electron chi connectivity index (χ1n) is 7.32. The minimum atomic E-state index is -1.82. The molecule has 9 nitrogen and oxygen atoms in total. The number of rotatable bonds is 3. The molecule has 1 atom stereocenters. The highest BCUT2D eigenvalue weighted by Gasteiger charge is 2.24. The van der Waals surface area contributed by atoms with Gasteiger partial charge in [-0.3, -0.25) is 9.69 Å². The number of carbonyl (C=O) groups is 3. The first kappa shape index (κ1) is 20.0. The molecule has 1 fully saturated rings. The minimum Gasteiger partial charge on any atom is -0.473 e. The maximum absolute atomic E-state index is 12.1. The van der Waals surface area contributed by atoms with Crippen molar-refractivity contribution in [2.45, 2.75) is 19.9 Å². The molecule has 24 heavy (non-hydrogen) atoms. The van der Waals surface area contributed by atoms with Gasteiger partial charge in [-0.05, 0) is 20.9 Å². The molecule has 0 spiro atoms. The van der Waals surface area contributed by atoms with Crippen molar-refractivity contribution in [2.75, 3.05) is 38.5 Å². The van der Waals surface area contributed by atoms with Crippen LogP contribution in [0.1, 0.15) is 11.8 Å². The highest BCUT2D eigenvalue weighted by Crippen LogP contribution is 2.17. The van der Waals surface area contributed by atoms with Gasteiger partial charge in [0.05, 0.1) is 6.04 Å². The van der Waals surface area contributed by atoms with E-state index in [1.807, 2.05) is 13.8 Å². The first-order chi connectivity index (χ1) is 11.2. The van der Waals surface area contributed by atoms with Crippen LogP contribution in [-0.2, 0) is 14.4 Å². The van der Waals surface area contributed by atoms with Crippen LogP contribution >= 0.6 is 11.3 Å². The molecule has 1 amide bonds. The van der Waals surface area contributed by atoms with E-state index in [4.69, 9.17) is 19.8 Å². The Kier molecular flexibility index (Phi) is 7.75. The van der Waals surface area contributed by atoms with E-state index in [0.717, 1.165) is 31.1 Å². The van der Waals surface area contributed by atoms with Crippen LogP contribution < -0.4 is 5.32 Å². The van der Waals surface area contributed by atoms with Gasteiger partial charge < -0.3 is 20.4 Å². The predicted octanol–water partition coefficient (Wildman–Crippen LogP) is 0.182. The fraction of sp³-hybridized carbons (Fsp3) is 0.571. The van der Waals surface area contributed by atoms with Gasteiger partial charge in [-0.15, -0.1) is 11.3 Å². The average molecular weight is 358 g/mol. The Morgan fingerprint density at radius 2 is 1.75 bits per heavy atom. The molecule has 0 aliphatic carbocycles. The summed E-state index contributed by atoms with van der Waals surface area (Å²) in [6.07, 6.45) is 1.78. The molecule has 1 unspecified atom stereocenters. The standard InChI is InChI=1S/C12H20N4OS.C2H2O4/c1-9-8-13-12(18-9)14-11(17)10(2)16-6-4-15(3)5-7-16;3-1(4)2(5)6/h8,10H,4-7H2,1-3H3,(H,13,14,17);(H,3,4)(H,5,6). The molecular weight excluding hydrogens is 336 g/mol. The lowest BCUT2D eigenvalue weighted by atomic mass is 10.2. The van der Waals surface area contributed by atoms with Crippen LogP contribution in [0.5, 0.6) is 0 Å². The fourth-order valence-electron chi connectivity index (χ4n) is 2.00. The average Bonchev–Trinajstić information content (AvgIpc) is 2.93. The second kappa shape index (κ2) is 9.30. The lowest BCUT2D eigenvalue weighted by Crippen LogP contribution is -2.51. The highest BCUT2D eigenvalue weighted by atomic mass is 32.1. The molecule has 1 aromatic rings. The number of aromatic nitrogens is 1. The van der Waals surface area contributed by atoms with E-state index < -0.39 is 11.9 Å². The van der Waals surface area contributed by atoms with Crippen LogP contribution in [0.4, 0.5) is 5.13 Å². The van der Waals surface area contributed by atoms with E-state index in [9.17, 15) is 4.79 Å². The van der Waals surface area contributed by atoms with Crippen molar-refractivity contribution in [3.05, 3.63) is 11.1 Å². The molecule has 2 heterocycles. The SMILES string of the molecule is Cc1cnc(NC(=O)C(C)N2CCN(C)CC2)s1.O=C(O)C(=O)O. The topological polar surface area (TPSA) is 123 Å². The number of carboxylic acid groups (broad SMARTS) is 2. The van der Waals surface area contributed by atoms with E-state index in [2.05, 4.69) is 27.1 Å². The van der Waals surface area contributed by atoms with Gasteiger partial charge in [-0.2, -0.15) is 0 Å². The molecule has 1 aromatic heterocycles. The van der Waals surface area contributed by atoms with Crippen molar-refractivity contribution in [1.29, 1.82) is 0 Å². The van der Waals surface area contributed by atoms with Gasteiger partial charge >= 0.3 is 11.9 Å². The third kappa shape index (κ3) is 6.60. The van der Waals surface area contributed by atoms with E-state index in [1.165, 1.54) is 11.3 Å². The maximum Gasteiger partial charge on any atom is 0.414 e. The minimum absolute atomic E-state index is 0.0360. The van der Waals surface area contributed by atoms with Gasteiger partial charge in [0.1, 0.15) is 0 Å². The van der Waals surface area contributed by atoms with E-state index in [1.54, 1.807) is 6.20 Å². The summed E-state index contributed by atoms with van der Waals surface area (Å²) in [6, 6.07) is -0.0945. The van der Waals surface area contributed by atoms with E-state index in [0.29, 0.717) is 5.13 Å². The molecule has 1 aliphatic rings. The normalized spacial score (nSPS) is 16.6. The number of anilines is 1. The smallest absolute Gasteiger partial charge is 0.414 e. The maximum atomic E-state index is 12.1. The van der Waals surface area contributed by atoms with Gasteiger partial charge in [0, 0.05) is 37.3 Å². The molecule has 0 saturated carbocycles. The first-order valence-corrected chi connectivity index (χ1v) is 8.14. The third-order valence-electron chi connectivity index (χ3n) is 3.50. The summed E-state index contributed by atoms with van der Waals surface area (Å²) in [6.45, 7) is 7.88. The van der Waals surface area contributed by atoms with Crippen LogP contribution in [0.3, 0.4) is 0 Å². The Balaban J connectivity index is 0.000000413. The number of aryl methyl sites for hydroxylation is 1. The summed E-state index contributed by atoms with van der Waals surface area (Å²) in [5.41, 5.74) is 0. The summed E-state index contributed by atoms with van der Waals surface area (Å²) < 4.78 is 0. The van der Waals surface area contributed by atoms with Gasteiger partial charge in [0.2, 0.25) is 5.91 Å². The number of nitrogens with zero attached hydrogens (tertiary/aromatic N) is 3. The molecule has 1 aliphatic heterocycles. The van der Waals surface area contributed by atoms with Crippen LogP contribution in [-0.4, -0.2) is 82.1 Å². The summed E-state index contributed by atoms with van der Waals surface area (Å²) in [4.78, 5) is 40.1. The van der Waals surface area contributed by atoms with Gasteiger partial charge in [-0.25, -0.2) is 14.6 Å². The fourth-order valence-corrected chi connectivity index (χ4v) is 2.66. The molecule has 3 N–H and O–H groups in total. The lowest BCUT2D eigenvalue weighted by Gasteiger charge is -2.35. The predicted molar refractivity (Wildman–Crippen MR) is 89.3 cm³/mol. The van der Waals surface area contributed by atoms with Gasteiger partial charge in [0.15, 0.2) is 5.13 Å². The number of carboxylic acids is 2. The zero-order chi connectivity index (χ0) is 18.3. The van der Waals surface area contributed by atoms with Crippen LogP contribution in [0, 0.1) is 6.92 Å². The second-order valence-corrected chi connectivity index (χ2v) is 6.63. The molecule has 10 heteroatoms. The Labute approximate surface area is 143 Å². The number of nitrogens with one attached hydrogen (secondary N) is 1. The summed E-state index contributed by atoms with van der Waals surface area (Å²) >= 11 is 1.51. The highest BCUT2D eigenvalue weighted by molar-refractivity contribution is 7.15. The molecular formula is C14H22N4O5S. The number of hydrogen-bond acceptors (Lipinski definition) is 7. The number of carbonyl (C=O) groups excluding carboxylic acids is 1. The second-order valence-electron chi connectivity index (χ2n) is 5.39. The van der Waals surface area contributed by atoms with Crippen LogP contribution in [0.2, 0.25) is 0 Å². The van der Waals surface area contributed by atoms with Crippen LogP contribution in [0.25, 0.3) is 0 Å². The van der Waals surface area contributed by atoms with Crippen molar-refractivity contribution >= 4 is 34.3 Å². The third-order valence-corrected chi connectivity index (χ3v) is 4.33. The summed E-state index contributed by atoms with van der Waals surface area (Å²) in [7, 11) is 2.11. The number of piperazine rings is 1.